The number of hydrogen-bond acceptors (Lipinski definition) is 4. The second-order valence-electron chi connectivity index (χ2n) is 4.97. The third kappa shape index (κ3) is 7.79. The Balaban J connectivity index is 0.00000312. The Morgan fingerprint density at radius 3 is 2.76 bits per heavy atom. The number of nitrogens with one attached hydrogen (secondary N) is 2. The summed E-state index contributed by atoms with van der Waals surface area (Å²) in [5.74, 6) is 1.45. The van der Waals surface area contributed by atoms with Crippen molar-refractivity contribution in [2.24, 2.45) is 4.99 Å². The summed E-state index contributed by atoms with van der Waals surface area (Å²) in [6.45, 7) is 6.68. The summed E-state index contributed by atoms with van der Waals surface area (Å²) in [7, 11) is 0. The van der Waals surface area contributed by atoms with Crippen molar-refractivity contribution in [1.29, 1.82) is 0 Å². The summed E-state index contributed by atoms with van der Waals surface area (Å²) in [5, 5.41) is 8.11. The molecule has 0 aliphatic rings. The summed E-state index contributed by atoms with van der Waals surface area (Å²) < 4.78 is 5.66. The van der Waals surface area contributed by atoms with Crippen LogP contribution in [0, 0.1) is 0 Å². The van der Waals surface area contributed by atoms with Gasteiger partial charge in [-0.2, -0.15) is 0 Å². The van der Waals surface area contributed by atoms with Crippen LogP contribution >= 0.6 is 46.9 Å². The minimum absolute atomic E-state index is 0. The Labute approximate surface area is 175 Å². The highest BCUT2D eigenvalue weighted by Gasteiger charge is 2.03. The van der Waals surface area contributed by atoms with E-state index in [-0.39, 0.29) is 24.0 Å². The summed E-state index contributed by atoms with van der Waals surface area (Å²) in [6, 6.07) is 7.45. The number of para-hydroxylation sites is 1. The number of hydrogen-bond donors (Lipinski definition) is 2. The summed E-state index contributed by atoms with van der Waals surface area (Å²) in [5.41, 5.74) is 0. The molecule has 0 unspecified atom stereocenters. The lowest BCUT2D eigenvalue weighted by molar-refractivity contribution is 0.322. The molecule has 0 atom stereocenters. The Bertz CT molecular complexity index is 666. The predicted molar refractivity (Wildman–Crippen MR) is 117 cm³/mol. The van der Waals surface area contributed by atoms with E-state index >= 15 is 0 Å². The number of nitrogens with zero attached hydrogens (tertiary/aromatic N) is 2. The van der Waals surface area contributed by atoms with Crippen LogP contribution in [0.1, 0.15) is 23.7 Å². The van der Waals surface area contributed by atoms with Gasteiger partial charge in [-0.05, 0) is 25.5 Å². The van der Waals surface area contributed by atoms with Gasteiger partial charge in [0.25, 0.3) is 0 Å². The van der Waals surface area contributed by atoms with E-state index in [1.54, 1.807) is 11.3 Å². The number of ether oxygens (including phenoxy) is 1. The van der Waals surface area contributed by atoms with E-state index in [0.717, 1.165) is 23.9 Å². The van der Waals surface area contributed by atoms with Crippen LogP contribution in [0.5, 0.6) is 5.75 Å². The molecule has 1 aromatic carbocycles. The number of thiazole rings is 1. The molecule has 138 valence electrons. The highest BCUT2D eigenvalue weighted by atomic mass is 127. The van der Waals surface area contributed by atoms with Gasteiger partial charge in [-0.1, -0.05) is 30.7 Å². The van der Waals surface area contributed by atoms with E-state index in [1.165, 1.54) is 4.88 Å². The molecule has 2 N–H and O–H groups in total. The molecule has 5 nitrogen and oxygen atoms in total. The third-order valence-electron chi connectivity index (χ3n) is 3.16. The molecule has 0 amide bonds. The molecule has 0 saturated heterocycles. The molecule has 25 heavy (non-hydrogen) atoms. The highest BCUT2D eigenvalue weighted by Crippen LogP contribution is 2.22. The van der Waals surface area contributed by atoms with Crippen molar-refractivity contribution in [3.63, 3.8) is 0 Å². The van der Waals surface area contributed by atoms with Crippen LogP contribution in [0.4, 0.5) is 0 Å². The van der Waals surface area contributed by atoms with E-state index < -0.39 is 0 Å². The zero-order valence-corrected chi connectivity index (χ0v) is 18.3. The zero-order chi connectivity index (χ0) is 17.2. The van der Waals surface area contributed by atoms with E-state index in [4.69, 9.17) is 16.3 Å². The number of halogens is 2. The van der Waals surface area contributed by atoms with Crippen LogP contribution in [0.2, 0.25) is 5.02 Å². The van der Waals surface area contributed by atoms with Crippen molar-refractivity contribution in [3.05, 3.63) is 45.4 Å². The molecular formula is C17H24ClIN4OS. The molecule has 1 heterocycles. The summed E-state index contributed by atoms with van der Waals surface area (Å²) >= 11 is 7.77. The largest absolute Gasteiger partial charge is 0.490 e. The third-order valence-corrected chi connectivity index (χ3v) is 4.59. The maximum Gasteiger partial charge on any atom is 0.191 e. The summed E-state index contributed by atoms with van der Waals surface area (Å²) in [4.78, 5) is 10.2. The van der Waals surface area contributed by atoms with Crippen LogP contribution in [0.3, 0.4) is 0 Å². The molecule has 0 aliphatic carbocycles. The van der Waals surface area contributed by atoms with Gasteiger partial charge in [-0.25, -0.2) is 9.98 Å². The van der Waals surface area contributed by atoms with Crippen LogP contribution in [0.25, 0.3) is 0 Å². The van der Waals surface area contributed by atoms with E-state index in [0.29, 0.717) is 30.5 Å². The summed E-state index contributed by atoms with van der Waals surface area (Å²) in [6.07, 6.45) is 2.94. The van der Waals surface area contributed by atoms with Crippen molar-refractivity contribution in [2.45, 2.75) is 26.8 Å². The number of aromatic nitrogens is 1. The van der Waals surface area contributed by atoms with Gasteiger partial charge in [0.2, 0.25) is 0 Å². The van der Waals surface area contributed by atoms with Gasteiger partial charge in [0.1, 0.15) is 17.4 Å². The second kappa shape index (κ2) is 12.3. The maximum atomic E-state index is 6.06. The smallest absolute Gasteiger partial charge is 0.191 e. The van der Waals surface area contributed by atoms with Gasteiger partial charge in [0.15, 0.2) is 5.96 Å². The molecule has 0 bridgehead atoms. The fraction of sp³-hybridized carbons (Fsp3) is 0.412. The van der Waals surface area contributed by atoms with Gasteiger partial charge in [0.05, 0.1) is 18.1 Å². The number of rotatable bonds is 8. The van der Waals surface area contributed by atoms with Crippen molar-refractivity contribution in [3.8, 4) is 5.75 Å². The van der Waals surface area contributed by atoms with E-state index in [1.807, 2.05) is 37.4 Å². The fourth-order valence-corrected chi connectivity index (χ4v) is 2.94. The number of aliphatic imine (C=N–C) groups is 1. The van der Waals surface area contributed by atoms with Crippen LogP contribution in [-0.2, 0) is 13.0 Å². The molecule has 8 heteroatoms. The predicted octanol–water partition coefficient (Wildman–Crippen LogP) is 4.11. The molecule has 0 radical (unpaired) electrons. The Hall–Kier alpha value is -1.06. The SMILES string of the molecule is CCNC(=NCc1ncc(CC)s1)NCCOc1ccccc1Cl.I. The van der Waals surface area contributed by atoms with Crippen molar-refractivity contribution >= 4 is 52.9 Å². The number of benzene rings is 1. The molecule has 0 fully saturated rings. The average molecular weight is 495 g/mol. The first kappa shape index (κ1) is 22.0. The lowest BCUT2D eigenvalue weighted by Gasteiger charge is -2.12. The molecule has 2 rings (SSSR count). The van der Waals surface area contributed by atoms with Crippen molar-refractivity contribution in [1.82, 2.24) is 15.6 Å². The standard InChI is InChI=1S/C17H23ClN4OS.HI/c1-3-13-11-21-16(24-13)12-22-17(19-4-2)20-9-10-23-15-8-6-5-7-14(15)18;/h5-8,11H,3-4,9-10,12H2,1-2H3,(H2,19,20,22);1H. The molecule has 1 aromatic heterocycles. The Kier molecular flexibility index (Phi) is 10.8. The highest BCUT2D eigenvalue weighted by molar-refractivity contribution is 14.0. The van der Waals surface area contributed by atoms with E-state index in [9.17, 15) is 0 Å². The quantitative estimate of drug-likeness (QED) is 0.251. The number of guanidine groups is 1. The minimum atomic E-state index is 0. The topological polar surface area (TPSA) is 58.5 Å². The van der Waals surface area contributed by atoms with Crippen molar-refractivity contribution in [2.75, 3.05) is 19.7 Å². The zero-order valence-electron chi connectivity index (χ0n) is 14.4. The van der Waals surface area contributed by atoms with E-state index in [2.05, 4.69) is 27.5 Å². The normalized spacial score (nSPS) is 10.9. The lowest BCUT2D eigenvalue weighted by Crippen LogP contribution is -2.39. The maximum absolute atomic E-state index is 6.06. The molecule has 0 spiro atoms. The molecule has 0 saturated carbocycles. The molecule has 2 aromatic rings. The first-order valence-corrected chi connectivity index (χ1v) is 9.25. The molecular weight excluding hydrogens is 471 g/mol. The minimum Gasteiger partial charge on any atom is -0.490 e. The van der Waals surface area contributed by atoms with Crippen LogP contribution in [0.15, 0.2) is 35.5 Å². The van der Waals surface area contributed by atoms with Gasteiger partial charge in [-0.15, -0.1) is 35.3 Å². The van der Waals surface area contributed by atoms with Gasteiger partial charge in [-0.3, -0.25) is 0 Å². The Morgan fingerprint density at radius 1 is 1.28 bits per heavy atom. The van der Waals surface area contributed by atoms with Crippen LogP contribution < -0.4 is 15.4 Å². The van der Waals surface area contributed by atoms with Gasteiger partial charge >= 0.3 is 0 Å². The Morgan fingerprint density at radius 2 is 2.08 bits per heavy atom. The average Bonchev–Trinajstić information content (AvgIpc) is 3.06. The van der Waals surface area contributed by atoms with Gasteiger partial charge < -0.3 is 15.4 Å². The first-order chi connectivity index (χ1) is 11.7. The first-order valence-electron chi connectivity index (χ1n) is 8.06. The monoisotopic (exact) mass is 494 g/mol. The second-order valence-corrected chi connectivity index (χ2v) is 6.58. The van der Waals surface area contributed by atoms with Gasteiger partial charge in [0, 0.05) is 17.6 Å². The molecule has 0 aliphatic heterocycles. The lowest BCUT2D eigenvalue weighted by atomic mass is 10.3. The van der Waals surface area contributed by atoms with Crippen LogP contribution in [-0.4, -0.2) is 30.6 Å². The number of aryl methyl sites for hydroxylation is 1. The van der Waals surface area contributed by atoms with Crippen molar-refractivity contribution < 1.29 is 4.74 Å². The fourth-order valence-electron chi connectivity index (χ4n) is 1.97.